The first kappa shape index (κ1) is 6.98. The molecule has 2 N–H and O–H groups in total. The molecular formula is C4H9NO3S. The largest absolute Gasteiger partial charge is 0.305 e. The van der Waals surface area contributed by atoms with Crippen LogP contribution in [0.1, 0.15) is 12.8 Å². The monoisotopic (exact) mass is 151 g/mol. The minimum Gasteiger partial charge on any atom is -0.305 e. The molecular weight excluding hydrogens is 142 g/mol. The van der Waals surface area contributed by atoms with Crippen LogP contribution < -0.4 is 5.73 Å². The van der Waals surface area contributed by atoms with Crippen LogP contribution in [0.4, 0.5) is 0 Å². The Balaban J connectivity index is 2.25. The van der Waals surface area contributed by atoms with E-state index >= 15 is 0 Å². The smallest absolute Gasteiger partial charge is 0.258 e. The molecule has 0 amide bonds. The van der Waals surface area contributed by atoms with Crippen molar-refractivity contribution < 1.29 is 12.6 Å². The molecule has 0 aromatic heterocycles. The van der Waals surface area contributed by atoms with Crippen LogP contribution in [0.15, 0.2) is 0 Å². The predicted octanol–water partition coefficient (Wildman–Crippen LogP) is -0.776. The second-order valence-electron chi connectivity index (χ2n) is 2.13. The zero-order valence-electron chi connectivity index (χ0n) is 4.82. The van der Waals surface area contributed by atoms with Gasteiger partial charge in [-0.25, -0.2) is 8.42 Å². The summed E-state index contributed by atoms with van der Waals surface area (Å²) in [6, 6.07) is 0. The summed E-state index contributed by atoms with van der Waals surface area (Å²) in [7, 11) is -2.76. The Morgan fingerprint density at radius 3 is 2.44 bits per heavy atom. The highest BCUT2D eigenvalue weighted by Gasteiger charge is 2.29. The Labute approximate surface area is 55.1 Å². The Kier molecular flexibility index (Phi) is 2.05. The first-order chi connectivity index (χ1) is 4.20. The van der Waals surface area contributed by atoms with E-state index in [-0.39, 0.29) is 5.92 Å². The van der Waals surface area contributed by atoms with E-state index in [4.69, 9.17) is 5.73 Å². The third-order valence-electron chi connectivity index (χ3n) is 1.29. The summed E-state index contributed by atoms with van der Waals surface area (Å²) in [5.41, 5.74) is 5.27. The van der Waals surface area contributed by atoms with Gasteiger partial charge in [-0.15, -0.1) is 0 Å². The van der Waals surface area contributed by atoms with Crippen LogP contribution in [0.2, 0.25) is 0 Å². The van der Waals surface area contributed by atoms with Crippen molar-refractivity contribution in [3.63, 3.8) is 0 Å². The molecule has 0 aliphatic heterocycles. The molecule has 0 aromatic rings. The minimum absolute atomic E-state index is 0.276. The molecule has 0 heterocycles. The maximum absolute atomic E-state index is 9.88. The lowest BCUT2D eigenvalue weighted by Gasteiger charge is -2.03. The first-order valence-corrected chi connectivity index (χ1v) is 3.86. The molecule has 1 aliphatic rings. The van der Waals surface area contributed by atoms with Crippen LogP contribution in [-0.4, -0.2) is 14.6 Å². The fourth-order valence-corrected chi connectivity index (χ4v) is 0.981. The molecule has 0 bridgehead atoms. The average Bonchev–Trinajstić information content (AvgIpc) is 2.40. The fraction of sp³-hybridized carbons (Fsp3) is 1.00. The van der Waals surface area contributed by atoms with Crippen molar-refractivity contribution >= 4 is 11.0 Å². The Morgan fingerprint density at radius 1 is 1.56 bits per heavy atom. The Hall–Kier alpha value is -0.130. The normalized spacial score (nSPS) is 22.4. The van der Waals surface area contributed by atoms with E-state index < -0.39 is 17.2 Å². The van der Waals surface area contributed by atoms with Crippen molar-refractivity contribution in [2.75, 3.05) is 0 Å². The van der Waals surface area contributed by atoms with E-state index in [1.54, 1.807) is 0 Å². The quantitative estimate of drug-likeness (QED) is 0.410. The van der Waals surface area contributed by atoms with Crippen LogP contribution in [0.3, 0.4) is 0 Å². The molecule has 9 heavy (non-hydrogen) atoms. The number of rotatable bonds is 3. The van der Waals surface area contributed by atoms with E-state index in [9.17, 15) is 8.42 Å². The molecule has 4 nitrogen and oxygen atoms in total. The molecule has 1 unspecified atom stereocenters. The number of hydrogen-bond donors (Lipinski definition) is 2. The molecule has 1 fully saturated rings. The van der Waals surface area contributed by atoms with Gasteiger partial charge in [-0.1, -0.05) is 0 Å². The SMILES string of the molecule is NC(O[SH](=O)=O)C1CC1. The zero-order chi connectivity index (χ0) is 6.85. The van der Waals surface area contributed by atoms with E-state index in [1.807, 2.05) is 0 Å². The summed E-state index contributed by atoms with van der Waals surface area (Å²) in [5.74, 6) is 0.276. The summed E-state index contributed by atoms with van der Waals surface area (Å²) in [5, 5.41) is 0. The van der Waals surface area contributed by atoms with Crippen molar-refractivity contribution in [2.45, 2.75) is 19.1 Å². The highest BCUT2D eigenvalue weighted by atomic mass is 32.2. The van der Waals surface area contributed by atoms with Gasteiger partial charge in [0.25, 0.3) is 11.0 Å². The maximum Gasteiger partial charge on any atom is 0.258 e. The van der Waals surface area contributed by atoms with Gasteiger partial charge < -0.3 is 5.73 Å². The van der Waals surface area contributed by atoms with Gasteiger partial charge in [0.15, 0.2) is 0 Å². The topological polar surface area (TPSA) is 69.4 Å². The van der Waals surface area contributed by atoms with E-state index in [0.29, 0.717) is 0 Å². The van der Waals surface area contributed by atoms with Crippen molar-refractivity contribution in [3.05, 3.63) is 0 Å². The van der Waals surface area contributed by atoms with Crippen molar-refractivity contribution in [2.24, 2.45) is 11.7 Å². The van der Waals surface area contributed by atoms with E-state index in [2.05, 4.69) is 4.18 Å². The Morgan fingerprint density at radius 2 is 2.11 bits per heavy atom. The summed E-state index contributed by atoms with van der Waals surface area (Å²) in [6.45, 7) is 0. The van der Waals surface area contributed by atoms with E-state index in [1.165, 1.54) is 0 Å². The molecule has 0 spiro atoms. The predicted molar refractivity (Wildman–Crippen MR) is 32.1 cm³/mol. The van der Waals surface area contributed by atoms with Crippen LogP contribution in [0.5, 0.6) is 0 Å². The second kappa shape index (κ2) is 2.64. The first-order valence-electron chi connectivity index (χ1n) is 2.77. The molecule has 1 saturated carbocycles. The van der Waals surface area contributed by atoms with Gasteiger partial charge in [0, 0.05) is 0 Å². The van der Waals surface area contributed by atoms with Crippen LogP contribution >= 0.6 is 0 Å². The summed E-state index contributed by atoms with van der Waals surface area (Å²) < 4.78 is 24.1. The van der Waals surface area contributed by atoms with Gasteiger partial charge in [-0.3, -0.25) is 4.18 Å². The van der Waals surface area contributed by atoms with Gasteiger partial charge in [0.05, 0.1) is 0 Å². The van der Waals surface area contributed by atoms with Gasteiger partial charge in [-0.2, -0.15) is 0 Å². The molecule has 54 valence electrons. The van der Waals surface area contributed by atoms with Gasteiger partial charge in [0.2, 0.25) is 0 Å². The molecule has 0 radical (unpaired) electrons. The number of thiol groups is 1. The summed E-state index contributed by atoms with van der Waals surface area (Å²) >= 11 is 0. The molecule has 0 saturated heterocycles. The third kappa shape index (κ3) is 2.30. The van der Waals surface area contributed by atoms with Gasteiger partial charge in [0.1, 0.15) is 6.23 Å². The van der Waals surface area contributed by atoms with Crippen molar-refractivity contribution in [3.8, 4) is 0 Å². The lowest BCUT2D eigenvalue weighted by atomic mass is 10.4. The molecule has 1 rings (SSSR count). The summed E-state index contributed by atoms with van der Waals surface area (Å²) in [6.07, 6.45) is 1.39. The molecule has 1 aliphatic carbocycles. The lowest BCUT2D eigenvalue weighted by Crippen LogP contribution is -2.25. The van der Waals surface area contributed by atoms with Crippen molar-refractivity contribution in [1.29, 1.82) is 0 Å². The molecule has 1 atom stereocenters. The average molecular weight is 151 g/mol. The van der Waals surface area contributed by atoms with Crippen LogP contribution in [0.25, 0.3) is 0 Å². The molecule has 5 heteroatoms. The Bertz CT molecular complexity index is 155. The second-order valence-corrected chi connectivity index (χ2v) is 2.79. The van der Waals surface area contributed by atoms with E-state index in [0.717, 1.165) is 12.8 Å². The molecule has 0 aromatic carbocycles. The fourth-order valence-electron chi connectivity index (χ4n) is 0.610. The lowest BCUT2D eigenvalue weighted by molar-refractivity contribution is 0.202. The minimum atomic E-state index is -2.76. The maximum atomic E-state index is 9.88. The van der Waals surface area contributed by atoms with Gasteiger partial charge >= 0.3 is 0 Å². The van der Waals surface area contributed by atoms with Crippen LogP contribution in [-0.2, 0) is 15.2 Å². The highest BCUT2D eigenvalue weighted by Crippen LogP contribution is 2.31. The standard InChI is InChI=1S/C4H9NO3S/c5-4(3-1-2-3)8-9(6)7/h3-4,9H,1-2,5H2. The number of hydrogen-bond acceptors (Lipinski definition) is 4. The summed E-state index contributed by atoms with van der Waals surface area (Å²) in [4.78, 5) is 0. The highest BCUT2D eigenvalue weighted by molar-refractivity contribution is 7.67. The zero-order valence-corrected chi connectivity index (χ0v) is 5.71. The number of nitrogens with two attached hydrogens (primary N) is 1. The van der Waals surface area contributed by atoms with Gasteiger partial charge in [-0.05, 0) is 18.8 Å². The van der Waals surface area contributed by atoms with Crippen LogP contribution in [0, 0.1) is 5.92 Å². The van der Waals surface area contributed by atoms with Crippen molar-refractivity contribution in [1.82, 2.24) is 0 Å². The third-order valence-corrected chi connectivity index (χ3v) is 1.71.